The van der Waals surface area contributed by atoms with Crippen LogP contribution in [0.2, 0.25) is 0 Å². The first-order chi connectivity index (χ1) is 13.2. The quantitative estimate of drug-likeness (QED) is 0.723. The van der Waals surface area contributed by atoms with Crippen LogP contribution in [0.5, 0.6) is 5.75 Å². The van der Waals surface area contributed by atoms with Crippen molar-refractivity contribution < 1.29 is 26.4 Å². The zero-order valence-electron chi connectivity index (χ0n) is 15.2. The van der Waals surface area contributed by atoms with E-state index in [1.54, 1.807) is 31.2 Å². The first kappa shape index (κ1) is 20.3. The van der Waals surface area contributed by atoms with Crippen molar-refractivity contribution in [1.82, 2.24) is 4.72 Å². The lowest BCUT2D eigenvalue weighted by Gasteiger charge is -2.18. The van der Waals surface area contributed by atoms with Crippen molar-refractivity contribution in [1.29, 1.82) is 0 Å². The molecule has 28 heavy (non-hydrogen) atoms. The maximum atomic E-state index is 12.9. The smallest absolute Gasteiger partial charge is 0.244 e. The molecule has 1 aliphatic rings. The molecule has 0 spiro atoms. The van der Waals surface area contributed by atoms with Crippen LogP contribution in [0.15, 0.2) is 53.4 Å². The Hall–Kier alpha value is -2.43. The normalized spacial score (nSPS) is 16.3. The number of ether oxygens (including phenoxy) is 1. The maximum Gasteiger partial charge on any atom is 0.244 e. The third-order valence-corrected chi connectivity index (χ3v) is 7.25. The lowest BCUT2D eigenvalue weighted by molar-refractivity contribution is -0.116. The van der Waals surface area contributed by atoms with Crippen LogP contribution in [-0.4, -0.2) is 35.1 Å². The standard InChI is InChI=1S/C18H20N2O6S2/c1-2-26-16-9-8-15(20-18(21)10-11-27(20,22)23)12-17(16)28(24,25)19-13-14-6-4-3-5-7-14/h3-9,12,19H,2,10-11,13H2,1H3. The van der Waals surface area contributed by atoms with Crippen molar-refractivity contribution in [3.8, 4) is 5.75 Å². The molecule has 1 N–H and O–H groups in total. The lowest BCUT2D eigenvalue weighted by Crippen LogP contribution is -2.30. The fraction of sp³-hybridized carbons (Fsp3) is 0.278. The third kappa shape index (κ3) is 4.18. The molecule has 0 bridgehead atoms. The number of carbonyl (C=O) groups is 1. The highest BCUT2D eigenvalue weighted by Crippen LogP contribution is 2.32. The number of nitrogens with one attached hydrogen (secondary N) is 1. The summed E-state index contributed by atoms with van der Waals surface area (Å²) in [5.41, 5.74) is 0.739. The number of sulfonamides is 2. The molecule has 2 aromatic rings. The Bertz CT molecular complexity index is 1080. The van der Waals surface area contributed by atoms with Crippen LogP contribution >= 0.6 is 0 Å². The molecule has 0 saturated carbocycles. The van der Waals surface area contributed by atoms with Gasteiger partial charge in [0.05, 0.1) is 18.0 Å². The molecule has 0 aromatic heterocycles. The van der Waals surface area contributed by atoms with Crippen molar-refractivity contribution in [2.75, 3.05) is 16.7 Å². The van der Waals surface area contributed by atoms with Crippen molar-refractivity contribution in [3.05, 3.63) is 54.1 Å². The fourth-order valence-electron chi connectivity index (χ4n) is 2.83. The summed E-state index contributed by atoms with van der Waals surface area (Å²) in [6.45, 7) is 1.98. The second-order valence-corrected chi connectivity index (χ2v) is 9.77. The summed E-state index contributed by atoms with van der Waals surface area (Å²) in [7, 11) is -7.83. The molecule has 1 heterocycles. The molecule has 1 aliphatic heterocycles. The van der Waals surface area contributed by atoms with Crippen LogP contribution in [-0.2, 0) is 31.4 Å². The van der Waals surface area contributed by atoms with Gasteiger partial charge >= 0.3 is 0 Å². The van der Waals surface area contributed by atoms with Crippen LogP contribution < -0.4 is 13.8 Å². The van der Waals surface area contributed by atoms with Gasteiger partial charge in [-0.25, -0.2) is 25.9 Å². The maximum absolute atomic E-state index is 12.9. The molecule has 0 unspecified atom stereocenters. The van der Waals surface area contributed by atoms with Crippen molar-refractivity contribution in [2.24, 2.45) is 0 Å². The van der Waals surface area contributed by atoms with E-state index in [0.717, 1.165) is 11.6 Å². The van der Waals surface area contributed by atoms with E-state index in [1.165, 1.54) is 12.1 Å². The number of nitrogens with zero attached hydrogens (tertiary/aromatic N) is 1. The largest absolute Gasteiger partial charge is 0.492 e. The van der Waals surface area contributed by atoms with Crippen LogP contribution in [0.4, 0.5) is 5.69 Å². The summed E-state index contributed by atoms with van der Waals surface area (Å²) in [4.78, 5) is 11.8. The molecule has 1 fully saturated rings. The van der Waals surface area contributed by atoms with E-state index in [2.05, 4.69) is 4.72 Å². The minimum absolute atomic E-state index is 0.0222. The van der Waals surface area contributed by atoms with Gasteiger partial charge in [0.1, 0.15) is 10.6 Å². The summed E-state index contributed by atoms with van der Waals surface area (Å²) in [5, 5.41) is 0. The summed E-state index contributed by atoms with van der Waals surface area (Å²) in [6.07, 6.45) is -0.135. The van der Waals surface area contributed by atoms with E-state index in [9.17, 15) is 21.6 Å². The zero-order valence-corrected chi connectivity index (χ0v) is 16.8. The molecule has 10 heteroatoms. The van der Waals surface area contributed by atoms with E-state index in [1.807, 2.05) is 6.07 Å². The topological polar surface area (TPSA) is 110 Å². The number of carbonyl (C=O) groups excluding carboxylic acids is 1. The Morgan fingerprint density at radius 3 is 2.46 bits per heavy atom. The number of amides is 1. The monoisotopic (exact) mass is 424 g/mol. The summed E-state index contributed by atoms with van der Waals surface area (Å²) < 4.78 is 58.6. The van der Waals surface area contributed by atoms with Gasteiger partial charge in [0.15, 0.2) is 0 Å². The average Bonchev–Trinajstić information content (AvgIpc) is 2.94. The van der Waals surface area contributed by atoms with Crippen LogP contribution in [0, 0.1) is 0 Å². The van der Waals surface area contributed by atoms with Crippen LogP contribution in [0.25, 0.3) is 0 Å². The van der Waals surface area contributed by atoms with Gasteiger partial charge in [-0.15, -0.1) is 0 Å². The van der Waals surface area contributed by atoms with E-state index < -0.39 is 26.0 Å². The van der Waals surface area contributed by atoms with Gasteiger partial charge < -0.3 is 4.74 Å². The van der Waals surface area contributed by atoms with E-state index in [0.29, 0.717) is 4.31 Å². The lowest BCUT2D eigenvalue weighted by atomic mass is 10.2. The molecule has 1 amide bonds. The van der Waals surface area contributed by atoms with Gasteiger partial charge in [0.2, 0.25) is 26.0 Å². The Morgan fingerprint density at radius 2 is 1.86 bits per heavy atom. The first-order valence-electron chi connectivity index (χ1n) is 8.61. The van der Waals surface area contributed by atoms with E-state index in [4.69, 9.17) is 4.74 Å². The highest BCUT2D eigenvalue weighted by molar-refractivity contribution is 7.94. The SMILES string of the molecule is CCOc1ccc(N2C(=O)CCS2(=O)=O)cc1S(=O)(=O)NCc1ccccc1. The number of hydrogen-bond acceptors (Lipinski definition) is 6. The molecule has 0 radical (unpaired) electrons. The average molecular weight is 425 g/mol. The van der Waals surface area contributed by atoms with Crippen LogP contribution in [0.3, 0.4) is 0 Å². The number of anilines is 1. The summed E-state index contributed by atoms with van der Waals surface area (Å²) >= 11 is 0. The Morgan fingerprint density at radius 1 is 1.14 bits per heavy atom. The Kier molecular flexibility index (Phi) is 5.73. The fourth-order valence-corrected chi connectivity index (χ4v) is 5.46. The van der Waals surface area contributed by atoms with Gasteiger partial charge in [-0.1, -0.05) is 30.3 Å². The van der Waals surface area contributed by atoms with E-state index >= 15 is 0 Å². The number of rotatable bonds is 7. The van der Waals surface area contributed by atoms with Gasteiger partial charge in [-0.05, 0) is 30.7 Å². The molecule has 0 aliphatic carbocycles. The third-order valence-electron chi connectivity index (χ3n) is 4.14. The molecule has 0 atom stereocenters. The summed E-state index contributed by atoms with van der Waals surface area (Å²) in [6, 6.07) is 12.8. The predicted molar refractivity (Wildman–Crippen MR) is 104 cm³/mol. The first-order valence-corrected chi connectivity index (χ1v) is 11.7. The molecule has 150 valence electrons. The van der Waals surface area contributed by atoms with E-state index in [-0.39, 0.29) is 41.7 Å². The molecular weight excluding hydrogens is 404 g/mol. The van der Waals surface area contributed by atoms with Gasteiger partial charge in [0, 0.05) is 13.0 Å². The highest BCUT2D eigenvalue weighted by atomic mass is 32.2. The molecular formula is C18H20N2O6S2. The van der Waals surface area contributed by atoms with Gasteiger partial charge in [0.25, 0.3) is 0 Å². The summed E-state index contributed by atoms with van der Waals surface area (Å²) in [5.74, 6) is -0.812. The second kappa shape index (κ2) is 7.90. The molecule has 8 nitrogen and oxygen atoms in total. The molecule has 2 aromatic carbocycles. The number of benzene rings is 2. The van der Waals surface area contributed by atoms with Crippen molar-refractivity contribution >= 4 is 31.6 Å². The van der Waals surface area contributed by atoms with Crippen molar-refractivity contribution in [2.45, 2.75) is 24.8 Å². The van der Waals surface area contributed by atoms with Gasteiger partial charge in [-0.3, -0.25) is 4.79 Å². The number of hydrogen-bond donors (Lipinski definition) is 1. The minimum atomic E-state index is -4.03. The van der Waals surface area contributed by atoms with Crippen molar-refractivity contribution in [3.63, 3.8) is 0 Å². The van der Waals surface area contributed by atoms with Crippen LogP contribution in [0.1, 0.15) is 18.9 Å². The Labute approximate surface area is 164 Å². The molecule has 1 saturated heterocycles. The Balaban J connectivity index is 1.99. The minimum Gasteiger partial charge on any atom is -0.492 e. The van der Waals surface area contributed by atoms with Gasteiger partial charge in [-0.2, -0.15) is 0 Å². The predicted octanol–water partition coefficient (Wildman–Crippen LogP) is 1.63. The zero-order chi connectivity index (χ0) is 20.4. The highest BCUT2D eigenvalue weighted by Gasteiger charge is 2.37. The second-order valence-electron chi connectivity index (χ2n) is 6.10. The molecule has 3 rings (SSSR count).